The summed E-state index contributed by atoms with van der Waals surface area (Å²) in [6.07, 6.45) is 4.04. The van der Waals surface area contributed by atoms with Gasteiger partial charge in [-0.05, 0) is 25.7 Å². The Hall–Kier alpha value is -1.10. The topological polar surface area (TPSA) is 61.4 Å². The number of nitrogens with zero attached hydrogens (tertiary/aromatic N) is 1. The molecule has 1 aliphatic heterocycles. The van der Waals surface area contributed by atoms with E-state index in [1.807, 2.05) is 7.05 Å². The second-order valence-corrected chi connectivity index (χ2v) is 4.60. The Balaban J connectivity index is 1.73. The van der Waals surface area contributed by atoms with Crippen molar-refractivity contribution in [3.63, 3.8) is 0 Å². The van der Waals surface area contributed by atoms with Crippen LogP contribution in [0.3, 0.4) is 0 Å². The summed E-state index contributed by atoms with van der Waals surface area (Å²) in [5, 5.41) is 5.83. The number of likely N-dealkylation sites (N-methyl/N-ethyl adjacent to an activating group) is 1. The van der Waals surface area contributed by atoms with E-state index in [9.17, 15) is 9.59 Å². The van der Waals surface area contributed by atoms with Crippen LogP contribution in [0.4, 0.5) is 0 Å². The van der Waals surface area contributed by atoms with Crippen LogP contribution in [0.1, 0.15) is 25.7 Å². The van der Waals surface area contributed by atoms with Gasteiger partial charge in [-0.15, -0.1) is 0 Å². The van der Waals surface area contributed by atoms with Gasteiger partial charge in [-0.25, -0.2) is 0 Å². The number of amides is 2. The lowest BCUT2D eigenvalue weighted by Gasteiger charge is -2.24. The number of rotatable bonds is 4. The lowest BCUT2D eigenvalue weighted by molar-refractivity contribution is -0.130. The predicted octanol–water partition coefficient (Wildman–Crippen LogP) is -0.525. The van der Waals surface area contributed by atoms with Gasteiger partial charge in [0.1, 0.15) is 0 Å². The van der Waals surface area contributed by atoms with Crippen molar-refractivity contribution in [3.05, 3.63) is 0 Å². The lowest BCUT2D eigenvalue weighted by atomic mass is 10.1. The molecule has 2 fully saturated rings. The van der Waals surface area contributed by atoms with E-state index >= 15 is 0 Å². The van der Waals surface area contributed by atoms with Crippen molar-refractivity contribution in [1.29, 1.82) is 0 Å². The molecule has 1 saturated heterocycles. The first-order valence-electron chi connectivity index (χ1n) is 5.95. The second kappa shape index (κ2) is 4.82. The maximum atomic E-state index is 11.7. The normalized spacial score (nSPS) is 25.1. The molecule has 0 bridgehead atoms. The number of carbonyl (C=O) groups excluding carboxylic acids is 2. The van der Waals surface area contributed by atoms with Crippen molar-refractivity contribution in [2.24, 2.45) is 0 Å². The Morgan fingerprint density at radius 2 is 2.25 bits per heavy atom. The van der Waals surface area contributed by atoms with E-state index in [-0.39, 0.29) is 24.4 Å². The molecule has 5 nitrogen and oxygen atoms in total. The van der Waals surface area contributed by atoms with E-state index in [2.05, 4.69) is 10.6 Å². The van der Waals surface area contributed by atoms with Crippen LogP contribution in [0, 0.1) is 0 Å². The van der Waals surface area contributed by atoms with Gasteiger partial charge in [0.05, 0.1) is 12.6 Å². The van der Waals surface area contributed by atoms with Gasteiger partial charge in [-0.1, -0.05) is 0 Å². The molecule has 1 aliphatic carbocycles. The van der Waals surface area contributed by atoms with E-state index in [1.165, 1.54) is 0 Å². The third kappa shape index (κ3) is 2.72. The van der Waals surface area contributed by atoms with Crippen molar-refractivity contribution in [2.45, 2.75) is 37.8 Å². The van der Waals surface area contributed by atoms with Crippen LogP contribution < -0.4 is 10.6 Å². The number of piperidine rings is 1. The zero-order valence-corrected chi connectivity index (χ0v) is 9.66. The fourth-order valence-electron chi connectivity index (χ4n) is 1.97. The molecule has 1 saturated carbocycles. The molecule has 2 amide bonds. The minimum absolute atomic E-state index is 0.0214. The monoisotopic (exact) mass is 225 g/mol. The summed E-state index contributed by atoms with van der Waals surface area (Å²) in [5.74, 6) is 0.106. The quantitative estimate of drug-likeness (QED) is 0.676. The highest BCUT2D eigenvalue weighted by Crippen LogP contribution is 2.25. The van der Waals surface area contributed by atoms with E-state index < -0.39 is 0 Å². The zero-order valence-electron chi connectivity index (χ0n) is 9.66. The first-order chi connectivity index (χ1) is 7.68. The van der Waals surface area contributed by atoms with Crippen LogP contribution in [-0.2, 0) is 9.59 Å². The average molecular weight is 225 g/mol. The van der Waals surface area contributed by atoms with Crippen molar-refractivity contribution in [1.82, 2.24) is 15.5 Å². The van der Waals surface area contributed by atoms with Crippen molar-refractivity contribution < 1.29 is 9.59 Å². The van der Waals surface area contributed by atoms with Gasteiger partial charge in [0, 0.05) is 19.6 Å². The molecule has 2 rings (SSSR count). The molecule has 16 heavy (non-hydrogen) atoms. The van der Waals surface area contributed by atoms with Crippen LogP contribution in [0.5, 0.6) is 0 Å². The summed E-state index contributed by atoms with van der Waals surface area (Å²) in [6.45, 7) is 1.03. The largest absolute Gasteiger partial charge is 0.355 e. The molecule has 90 valence electrons. The van der Waals surface area contributed by atoms with Gasteiger partial charge in [0.2, 0.25) is 11.8 Å². The van der Waals surface area contributed by atoms with Crippen LogP contribution >= 0.6 is 0 Å². The van der Waals surface area contributed by atoms with Gasteiger partial charge in [-0.2, -0.15) is 0 Å². The van der Waals surface area contributed by atoms with Gasteiger partial charge in [0.15, 0.2) is 0 Å². The Morgan fingerprint density at radius 3 is 2.88 bits per heavy atom. The maximum Gasteiger partial charge on any atom is 0.237 e. The minimum atomic E-state index is -0.190. The molecular weight excluding hydrogens is 206 g/mol. The highest BCUT2D eigenvalue weighted by atomic mass is 16.2. The number of nitrogens with one attached hydrogen (secondary N) is 2. The SMILES string of the molecule is CN(C(=O)CNC1CCCNC1=O)C1CC1. The fourth-order valence-corrected chi connectivity index (χ4v) is 1.97. The first-order valence-corrected chi connectivity index (χ1v) is 5.95. The van der Waals surface area contributed by atoms with Crippen LogP contribution in [0.2, 0.25) is 0 Å². The Morgan fingerprint density at radius 1 is 1.50 bits per heavy atom. The number of hydrogen-bond donors (Lipinski definition) is 2. The molecule has 2 N–H and O–H groups in total. The fraction of sp³-hybridized carbons (Fsp3) is 0.818. The van der Waals surface area contributed by atoms with E-state index in [1.54, 1.807) is 4.90 Å². The molecule has 1 atom stereocenters. The number of carbonyl (C=O) groups is 2. The summed E-state index contributed by atoms with van der Waals surface area (Å²) in [4.78, 5) is 24.9. The molecule has 1 unspecified atom stereocenters. The maximum absolute atomic E-state index is 11.7. The van der Waals surface area contributed by atoms with Gasteiger partial charge < -0.3 is 10.2 Å². The van der Waals surface area contributed by atoms with Gasteiger partial charge in [0.25, 0.3) is 0 Å². The van der Waals surface area contributed by atoms with Crippen LogP contribution in [0.15, 0.2) is 0 Å². The average Bonchev–Trinajstić information content (AvgIpc) is 3.10. The Kier molecular flexibility index (Phi) is 3.43. The van der Waals surface area contributed by atoms with Crippen molar-refractivity contribution in [3.8, 4) is 0 Å². The molecule has 5 heteroatoms. The third-order valence-corrected chi connectivity index (χ3v) is 3.27. The molecule has 2 aliphatic rings. The van der Waals surface area contributed by atoms with E-state index in [4.69, 9.17) is 0 Å². The summed E-state index contributed by atoms with van der Waals surface area (Å²) < 4.78 is 0. The van der Waals surface area contributed by atoms with Gasteiger partial charge >= 0.3 is 0 Å². The van der Waals surface area contributed by atoms with E-state index in [0.717, 1.165) is 32.2 Å². The second-order valence-electron chi connectivity index (χ2n) is 4.60. The summed E-state index contributed by atoms with van der Waals surface area (Å²) in [6, 6.07) is 0.250. The van der Waals surface area contributed by atoms with Crippen molar-refractivity contribution in [2.75, 3.05) is 20.1 Å². The van der Waals surface area contributed by atoms with Crippen LogP contribution in [0.25, 0.3) is 0 Å². The highest BCUT2D eigenvalue weighted by Gasteiger charge is 2.30. The zero-order chi connectivity index (χ0) is 11.5. The summed E-state index contributed by atoms with van der Waals surface area (Å²) in [5.41, 5.74) is 0. The smallest absolute Gasteiger partial charge is 0.237 e. The molecule has 1 heterocycles. The molecule has 0 aromatic rings. The van der Waals surface area contributed by atoms with Crippen LogP contribution in [-0.4, -0.2) is 48.9 Å². The van der Waals surface area contributed by atoms with Crippen molar-refractivity contribution >= 4 is 11.8 Å². The lowest BCUT2D eigenvalue weighted by Crippen LogP contribution is -2.51. The van der Waals surface area contributed by atoms with E-state index in [0.29, 0.717) is 6.04 Å². The summed E-state index contributed by atoms with van der Waals surface area (Å²) in [7, 11) is 1.84. The molecule has 0 aromatic heterocycles. The molecule has 0 aromatic carbocycles. The third-order valence-electron chi connectivity index (χ3n) is 3.27. The van der Waals surface area contributed by atoms with Gasteiger partial charge in [-0.3, -0.25) is 14.9 Å². The molecule has 0 spiro atoms. The number of hydrogen-bond acceptors (Lipinski definition) is 3. The summed E-state index contributed by atoms with van der Waals surface area (Å²) >= 11 is 0. The highest BCUT2D eigenvalue weighted by molar-refractivity contribution is 5.84. The standard InChI is InChI=1S/C11H19N3O2/c1-14(8-4-5-8)10(15)7-13-9-3-2-6-12-11(9)16/h8-9,13H,2-7H2,1H3,(H,12,16). The Labute approximate surface area is 95.6 Å². The molecule has 0 radical (unpaired) electrons. The first kappa shape index (κ1) is 11.4. The minimum Gasteiger partial charge on any atom is -0.355 e. The predicted molar refractivity (Wildman–Crippen MR) is 59.8 cm³/mol. The Bertz CT molecular complexity index is 289. The molecular formula is C11H19N3O2.